The number of nitrogens with one attached hydrogen (secondary N) is 1. The third-order valence-electron chi connectivity index (χ3n) is 5.46. The number of nitrogens with zero attached hydrogens (tertiary/aromatic N) is 4. The maximum atomic E-state index is 13.0. The summed E-state index contributed by atoms with van der Waals surface area (Å²) in [6, 6.07) is 9.68. The summed E-state index contributed by atoms with van der Waals surface area (Å²) in [5.41, 5.74) is 2.56. The number of amides is 2. The monoisotopic (exact) mass is 439 g/mol. The minimum atomic E-state index is 0.0443. The Balaban J connectivity index is 1.24. The van der Waals surface area contributed by atoms with Crippen LogP contribution >= 0.6 is 22.7 Å². The van der Waals surface area contributed by atoms with Crippen LogP contribution in [0.15, 0.2) is 35.7 Å². The Bertz CT molecular complexity index is 1070. The lowest BCUT2D eigenvalue weighted by Crippen LogP contribution is -2.48. The standard InChI is InChI=1S/C21H21N5O2S2/c27-18-5-1-3-14-13-15(6-7-16(14)22-18)20(28)25-8-10-26(11-9-25)21-24-23-19(30-21)17-4-2-12-29-17/h2,4,6-7,12-13H,1,3,5,8-11H2,(H,22,27). The highest BCUT2D eigenvalue weighted by Gasteiger charge is 2.25. The number of aromatic nitrogens is 2. The van der Waals surface area contributed by atoms with Gasteiger partial charge in [-0.15, -0.1) is 21.5 Å². The van der Waals surface area contributed by atoms with Gasteiger partial charge in [0.2, 0.25) is 11.0 Å². The molecule has 1 aromatic carbocycles. The van der Waals surface area contributed by atoms with Gasteiger partial charge in [-0.25, -0.2) is 0 Å². The largest absolute Gasteiger partial charge is 0.343 e. The molecular formula is C21H21N5O2S2. The summed E-state index contributed by atoms with van der Waals surface area (Å²) in [5.74, 6) is 0.0902. The number of piperazine rings is 1. The molecule has 30 heavy (non-hydrogen) atoms. The van der Waals surface area contributed by atoms with Gasteiger partial charge in [-0.1, -0.05) is 17.4 Å². The number of carbonyl (C=O) groups is 2. The number of anilines is 2. The van der Waals surface area contributed by atoms with Crippen molar-refractivity contribution in [3.05, 3.63) is 46.8 Å². The molecule has 4 heterocycles. The summed E-state index contributed by atoms with van der Waals surface area (Å²) >= 11 is 3.26. The molecule has 0 spiro atoms. The van der Waals surface area contributed by atoms with E-state index in [9.17, 15) is 9.59 Å². The quantitative estimate of drug-likeness (QED) is 0.676. The maximum absolute atomic E-state index is 13.0. The summed E-state index contributed by atoms with van der Waals surface area (Å²) < 4.78 is 0. The Labute approximate surface area is 182 Å². The maximum Gasteiger partial charge on any atom is 0.253 e. The minimum Gasteiger partial charge on any atom is -0.343 e. The molecule has 1 N–H and O–H groups in total. The van der Waals surface area contributed by atoms with Crippen molar-refractivity contribution in [2.75, 3.05) is 36.4 Å². The smallest absolute Gasteiger partial charge is 0.253 e. The van der Waals surface area contributed by atoms with E-state index in [2.05, 4.69) is 26.5 Å². The topological polar surface area (TPSA) is 78.4 Å². The first kappa shape index (κ1) is 19.2. The van der Waals surface area contributed by atoms with Crippen molar-refractivity contribution in [3.8, 4) is 9.88 Å². The van der Waals surface area contributed by atoms with Crippen LogP contribution < -0.4 is 10.2 Å². The van der Waals surface area contributed by atoms with E-state index in [-0.39, 0.29) is 11.8 Å². The van der Waals surface area contributed by atoms with Gasteiger partial charge in [0.15, 0.2) is 5.01 Å². The van der Waals surface area contributed by atoms with Crippen molar-refractivity contribution in [1.82, 2.24) is 15.1 Å². The summed E-state index contributed by atoms with van der Waals surface area (Å²) in [6.45, 7) is 2.79. The Kier molecular flexibility index (Phi) is 5.22. The molecule has 2 aliphatic rings. The normalized spacial score (nSPS) is 16.7. The molecule has 154 valence electrons. The van der Waals surface area contributed by atoms with Gasteiger partial charge in [0.05, 0.1) is 4.88 Å². The zero-order chi connectivity index (χ0) is 20.5. The number of carbonyl (C=O) groups excluding carboxylic acids is 2. The van der Waals surface area contributed by atoms with Gasteiger partial charge in [-0.2, -0.15) is 0 Å². The fraction of sp³-hybridized carbons (Fsp3) is 0.333. The average Bonchev–Trinajstić information content (AvgIpc) is 3.43. The first-order valence-corrected chi connectivity index (χ1v) is 11.7. The third-order valence-corrected chi connectivity index (χ3v) is 7.48. The number of aryl methyl sites for hydroxylation is 1. The minimum absolute atomic E-state index is 0.0443. The lowest BCUT2D eigenvalue weighted by Gasteiger charge is -2.34. The Morgan fingerprint density at radius 3 is 2.73 bits per heavy atom. The van der Waals surface area contributed by atoms with E-state index in [0.717, 1.165) is 52.2 Å². The van der Waals surface area contributed by atoms with Crippen LogP contribution in [0.5, 0.6) is 0 Å². The first-order chi connectivity index (χ1) is 14.7. The lowest BCUT2D eigenvalue weighted by molar-refractivity contribution is -0.116. The molecule has 2 aromatic heterocycles. The molecule has 0 bridgehead atoms. The van der Waals surface area contributed by atoms with Gasteiger partial charge in [-0.3, -0.25) is 9.59 Å². The Morgan fingerprint density at radius 2 is 1.93 bits per heavy atom. The number of hydrogen-bond acceptors (Lipinski definition) is 7. The predicted octanol–water partition coefficient (Wildman–Crippen LogP) is 3.50. The second kappa shape index (κ2) is 8.16. The SMILES string of the molecule is O=C1CCCc2cc(C(=O)N3CCN(c4nnc(-c5cccs5)s4)CC3)ccc2N1. The highest BCUT2D eigenvalue weighted by molar-refractivity contribution is 7.22. The highest BCUT2D eigenvalue weighted by atomic mass is 32.1. The number of benzene rings is 1. The van der Waals surface area contributed by atoms with E-state index < -0.39 is 0 Å². The fourth-order valence-corrected chi connectivity index (χ4v) is 5.52. The second-order valence-electron chi connectivity index (χ2n) is 7.42. The van der Waals surface area contributed by atoms with Gasteiger partial charge in [0, 0.05) is 43.9 Å². The third kappa shape index (κ3) is 3.82. The molecule has 1 saturated heterocycles. The molecule has 1 fully saturated rings. The van der Waals surface area contributed by atoms with Crippen LogP contribution in [0, 0.1) is 0 Å². The number of thiophene rings is 1. The molecule has 0 unspecified atom stereocenters. The van der Waals surface area contributed by atoms with Crippen LogP contribution in [0.25, 0.3) is 9.88 Å². The van der Waals surface area contributed by atoms with Crippen LogP contribution in [0.1, 0.15) is 28.8 Å². The molecule has 0 radical (unpaired) electrons. The lowest BCUT2D eigenvalue weighted by atomic mass is 10.0. The molecule has 0 atom stereocenters. The molecule has 5 rings (SSSR count). The van der Waals surface area contributed by atoms with E-state index in [1.54, 1.807) is 22.7 Å². The Morgan fingerprint density at radius 1 is 1.07 bits per heavy atom. The van der Waals surface area contributed by atoms with E-state index in [4.69, 9.17) is 0 Å². The summed E-state index contributed by atoms with van der Waals surface area (Å²) in [5, 5.41) is 15.5. The summed E-state index contributed by atoms with van der Waals surface area (Å²) in [6.07, 6.45) is 2.15. The van der Waals surface area contributed by atoms with Crippen LogP contribution in [-0.4, -0.2) is 53.1 Å². The zero-order valence-electron chi connectivity index (χ0n) is 16.3. The van der Waals surface area contributed by atoms with Crippen molar-refractivity contribution >= 4 is 45.3 Å². The molecule has 9 heteroatoms. The number of fused-ring (bicyclic) bond motifs is 1. The predicted molar refractivity (Wildman–Crippen MR) is 119 cm³/mol. The summed E-state index contributed by atoms with van der Waals surface area (Å²) in [4.78, 5) is 30.0. The van der Waals surface area contributed by atoms with Gasteiger partial charge < -0.3 is 15.1 Å². The molecule has 3 aromatic rings. The van der Waals surface area contributed by atoms with Crippen LogP contribution in [0.3, 0.4) is 0 Å². The number of hydrogen-bond donors (Lipinski definition) is 1. The molecule has 0 aliphatic carbocycles. The van der Waals surface area contributed by atoms with E-state index >= 15 is 0 Å². The highest BCUT2D eigenvalue weighted by Crippen LogP contribution is 2.32. The molecule has 0 saturated carbocycles. The van der Waals surface area contributed by atoms with Crippen LogP contribution in [0.4, 0.5) is 10.8 Å². The van der Waals surface area contributed by atoms with Crippen LogP contribution in [0.2, 0.25) is 0 Å². The van der Waals surface area contributed by atoms with Gasteiger partial charge in [0.1, 0.15) is 0 Å². The van der Waals surface area contributed by atoms with E-state index in [1.807, 2.05) is 34.5 Å². The molecule has 2 aliphatic heterocycles. The van der Waals surface area contributed by atoms with Crippen molar-refractivity contribution in [2.45, 2.75) is 19.3 Å². The fourth-order valence-electron chi connectivity index (χ4n) is 3.83. The molecular weight excluding hydrogens is 418 g/mol. The zero-order valence-corrected chi connectivity index (χ0v) is 18.0. The van der Waals surface area contributed by atoms with Gasteiger partial charge in [0.25, 0.3) is 5.91 Å². The van der Waals surface area contributed by atoms with Gasteiger partial charge in [-0.05, 0) is 48.1 Å². The van der Waals surface area contributed by atoms with Crippen molar-refractivity contribution in [3.63, 3.8) is 0 Å². The average molecular weight is 440 g/mol. The van der Waals surface area contributed by atoms with Crippen molar-refractivity contribution < 1.29 is 9.59 Å². The van der Waals surface area contributed by atoms with Crippen molar-refractivity contribution in [2.24, 2.45) is 0 Å². The first-order valence-electron chi connectivity index (χ1n) is 10.0. The second-order valence-corrected chi connectivity index (χ2v) is 9.32. The Hall–Kier alpha value is -2.78. The van der Waals surface area contributed by atoms with E-state index in [1.165, 1.54) is 0 Å². The molecule has 7 nitrogen and oxygen atoms in total. The number of rotatable bonds is 3. The molecule has 2 amide bonds. The van der Waals surface area contributed by atoms with Gasteiger partial charge >= 0.3 is 0 Å². The van der Waals surface area contributed by atoms with Crippen LogP contribution in [-0.2, 0) is 11.2 Å². The van der Waals surface area contributed by atoms with E-state index in [0.29, 0.717) is 25.1 Å². The van der Waals surface area contributed by atoms with Crippen molar-refractivity contribution in [1.29, 1.82) is 0 Å². The summed E-state index contributed by atoms with van der Waals surface area (Å²) in [7, 11) is 0.